The first-order valence-corrected chi connectivity index (χ1v) is 4.70. The van der Waals surface area contributed by atoms with Crippen LogP contribution in [-0.2, 0) is 6.42 Å². The van der Waals surface area contributed by atoms with Crippen molar-refractivity contribution in [3.63, 3.8) is 0 Å². The lowest BCUT2D eigenvalue weighted by atomic mass is 10.0. The number of aryl methyl sites for hydroxylation is 1. The van der Waals surface area contributed by atoms with Crippen molar-refractivity contribution >= 4 is 11.6 Å². The molecule has 0 saturated carbocycles. The van der Waals surface area contributed by atoms with Crippen molar-refractivity contribution in [3.05, 3.63) is 34.9 Å². The van der Waals surface area contributed by atoms with Crippen molar-refractivity contribution in [2.45, 2.75) is 27.2 Å². The molecule has 0 aliphatic heterocycles. The molecule has 0 bridgehead atoms. The van der Waals surface area contributed by atoms with Crippen molar-refractivity contribution < 1.29 is 9.59 Å². The molecule has 0 N–H and O–H groups in total. The molecule has 74 valence electrons. The summed E-state index contributed by atoms with van der Waals surface area (Å²) in [5.41, 5.74) is 2.27. The number of benzene rings is 1. The summed E-state index contributed by atoms with van der Waals surface area (Å²) in [5, 5.41) is 0. The molecule has 0 aliphatic rings. The Labute approximate surface area is 83.9 Å². The lowest BCUT2D eigenvalue weighted by Gasteiger charge is -2.03. The summed E-state index contributed by atoms with van der Waals surface area (Å²) in [6, 6.07) is 5.34. The van der Waals surface area contributed by atoms with Crippen LogP contribution in [-0.4, -0.2) is 11.6 Å². The van der Waals surface area contributed by atoms with Crippen LogP contribution in [0.2, 0.25) is 0 Å². The van der Waals surface area contributed by atoms with Gasteiger partial charge in [-0.2, -0.15) is 0 Å². The number of ketones is 2. The van der Waals surface area contributed by atoms with Gasteiger partial charge in [0.25, 0.3) is 0 Å². The molecule has 1 aromatic rings. The van der Waals surface area contributed by atoms with Crippen LogP contribution in [0, 0.1) is 0 Å². The van der Waals surface area contributed by atoms with Crippen LogP contribution in [0.15, 0.2) is 18.2 Å². The highest BCUT2D eigenvalue weighted by molar-refractivity contribution is 5.99. The van der Waals surface area contributed by atoms with Crippen LogP contribution < -0.4 is 0 Å². The first kappa shape index (κ1) is 10.6. The van der Waals surface area contributed by atoms with E-state index in [1.54, 1.807) is 6.07 Å². The first-order chi connectivity index (χ1) is 6.54. The molecule has 0 spiro atoms. The van der Waals surface area contributed by atoms with Gasteiger partial charge in [-0.05, 0) is 44.0 Å². The minimum atomic E-state index is 0.00259. The predicted octanol–water partition coefficient (Wildman–Crippen LogP) is 2.65. The standard InChI is InChI=1S/C12H14O2/c1-4-10-5-11(8(2)13)7-12(6-10)9(3)14/h5-7H,4H2,1-3H3. The van der Waals surface area contributed by atoms with Crippen LogP contribution >= 0.6 is 0 Å². The number of Topliss-reactive ketones (excluding diaryl/α,β-unsaturated/α-hetero) is 2. The number of carbonyl (C=O) groups is 2. The van der Waals surface area contributed by atoms with E-state index >= 15 is 0 Å². The smallest absolute Gasteiger partial charge is 0.159 e. The molecule has 0 aromatic heterocycles. The average molecular weight is 190 g/mol. The molecule has 14 heavy (non-hydrogen) atoms. The van der Waals surface area contributed by atoms with Crippen LogP contribution in [0.4, 0.5) is 0 Å². The van der Waals surface area contributed by atoms with Crippen LogP contribution in [0.5, 0.6) is 0 Å². The van der Waals surface area contributed by atoms with E-state index in [1.807, 2.05) is 19.1 Å². The van der Waals surface area contributed by atoms with E-state index in [2.05, 4.69) is 0 Å². The van der Waals surface area contributed by atoms with Gasteiger partial charge < -0.3 is 0 Å². The molecule has 0 aliphatic carbocycles. The number of rotatable bonds is 3. The van der Waals surface area contributed by atoms with E-state index in [0.29, 0.717) is 11.1 Å². The van der Waals surface area contributed by atoms with Gasteiger partial charge in [-0.1, -0.05) is 6.92 Å². The van der Waals surface area contributed by atoms with Crippen molar-refractivity contribution in [1.29, 1.82) is 0 Å². The van der Waals surface area contributed by atoms with Crippen LogP contribution in [0.3, 0.4) is 0 Å². The third-order valence-corrected chi connectivity index (χ3v) is 2.21. The van der Waals surface area contributed by atoms with E-state index in [4.69, 9.17) is 0 Å². The molecule has 0 unspecified atom stereocenters. The Morgan fingerprint density at radius 1 is 1.00 bits per heavy atom. The summed E-state index contributed by atoms with van der Waals surface area (Å²) in [6.07, 6.45) is 0.835. The number of carbonyl (C=O) groups excluding carboxylic acids is 2. The van der Waals surface area contributed by atoms with Gasteiger partial charge in [0.15, 0.2) is 11.6 Å². The zero-order valence-corrected chi connectivity index (χ0v) is 8.76. The Morgan fingerprint density at radius 3 is 1.71 bits per heavy atom. The Kier molecular flexibility index (Phi) is 3.18. The fraction of sp³-hybridized carbons (Fsp3) is 0.333. The van der Waals surface area contributed by atoms with Gasteiger partial charge in [0, 0.05) is 11.1 Å². The second-order valence-corrected chi connectivity index (χ2v) is 3.38. The Morgan fingerprint density at radius 2 is 1.43 bits per heavy atom. The summed E-state index contributed by atoms with van der Waals surface area (Å²) < 4.78 is 0. The SMILES string of the molecule is CCc1cc(C(C)=O)cc(C(C)=O)c1. The van der Waals surface area contributed by atoms with Crippen molar-refractivity contribution in [2.24, 2.45) is 0 Å². The van der Waals surface area contributed by atoms with Crippen molar-refractivity contribution in [2.75, 3.05) is 0 Å². The summed E-state index contributed by atoms with van der Waals surface area (Å²) in [5.74, 6) is 0.00519. The molecule has 0 saturated heterocycles. The molecule has 1 aromatic carbocycles. The van der Waals surface area contributed by atoms with Crippen molar-refractivity contribution in [1.82, 2.24) is 0 Å². The summed E-state index contributed by atoms with van der Waals surface area (Å²) in [4.78, 5) is 22.4. The Hall–Kier alpha value is -1.44. The maximum Gasteiger partial charge on any atom is 0.159 e. The summed E-state index contributed by atoms with van der Waals surface area (Å²) >= 11 is 0. The lowest BCUT2D eigenvalue weighted by Crippen LogP contribution is -2.00. The molecule has 0 heterocycles. The predicted molar refractivity (Wildman–Crippen MR) is 55.8 cm³/mol. The average Bonchev–Trinajstić information content (AvgIpc) is 2.16. The fourth-order valence-electron chi connectivity index (χ4n) is 1.30. The van der Waals surface area contributed by atoms with Crippen LogP contribution in [0.1, 0.15) is 47.1 Å². The Balaban J connectivity index is 3.27. The van der Waals surface area contributed by atoms with Gasteiger partial charge in [0.1, 0.15) is 0 Å². The highest BCUT2D eigenvalue weighted by Gasteiger charge is 2.06. The quantitative estimate of drug-likeness (QED) is 0.686. The Bertz CT molecular complexity index is 346. The molecular weight excluding hydrogens is 176 g/mol. The normalized spacial score (nSPS) is 9.93. The van der Waals surface area contributed by atoms with Gasteiger partial charge in [-0.25, -0.2) is 0 Å². The lowest BCUT2D eigenvalue weighted by molar-refractivity contribution is 0.101. The topological polar surface area (TPSA) is 34.1 Å². The maximum absolute atomic E-state index is 11.2. The zero-order valence-electron chi connectivity index (χ0n) is 8.76. The third-order valence-electron chi connectivity index (χ3n) is 2.21. The maximum atomic E-state index is 11.2. The largest absolute Gasteiger partial charge is 0.295 e. The van der Waals surface area contributed by atoms with E-state index in [9.17, 15) is 9.59 Å². The van der Waals surface area contributed by atoms with E-state index < -0.39 is 0 Å². The van der Waals surface area contributed by atoms with Crippen molar-refractivity contribution in [3.8, 4) is 0 Å². The molecule has 1 rings (SSSR count). The minimum Gasteiger partial charge on any atom is -0.295 e. The van der Waals surface area contributed by atoms with Gasteiger partial charge >= 0.3 is 0 Å². The summed E-state index contributed by atoms with van der Waals surface area (Å²) in [6.45, 7) is 5.03. The van der Waals surface area contributed by atoms with Gasteiger partial charge in [-0.3, -0.25) is 9.59 Å². The fourth-order valence-corrected chi connectivity index (χ4v) is 1.30. The molecule has 2 nitrogen and oxygen atoms in total. The van der Waals surface area contributed by atoms with Gasteiger partial charge in [0.2, 0.25) is 0 Å². The highest BCUT2D eigenvalue weighted by Crippen LogP contribution is 2.12. The van der Waals surface area contributed by atoms with E-state index in [1.165, 1.54) is 13.8 Å². The molecular formula is C12H14O2. The van der Waals surface area contributed by atoms with E-state index in [0.717, 1.165) is 12.0 Å². The second-order valence-electron chi connectivity index (χ2n) is 3.38. The molecule has 0 radical (unpaired) electrons. The zero-order chi connectivity index (χ0) is 10.7. The number of hydrogen-bond acceptors (Lipinski definition) is 2. The highest BCUT2D eigenvalue weighted by atomic mass is 16.1. The van der Waals surface area contributed by atoms with Gasteiger partial charge in [-0.15, -0.1) is 0 Å². The molecule has 0 atom stereocenters. The van der Waals surface area contributed by atoms with E-state index in [-0.39, 0.29) is 11.6 Å². The molecule has 2 heteroatoms. The molecule has 0 amide bonds. The number of hydrogen-bond donors (Lipinski definition) is 0. The third kappa shape index (κ3) is 2.28. The van der Waals surface area contributed by atoms with Gasteiger partial charge in [0.05, 0.1) is 0 Å². The minimum absolute atomic E-state index is 0.00259. The molecule has 0 fully saturated rings. The second kappa shape index (κ2) is 4.18. The first-order valence-electron chi connectivity index (χ1n) is 4.70. The monoisotopic (exact) mass is 190 g/mol. The van der Waals surface area contributed by atoms with Crippen LogP contribution in [0.25, 0.3) is 0 Å². The summed E-state index contributed by atoms with van der Waals surface area (Å²) in [7, 11) is 0.